The molecule has 0 bridgehead atoms. The van der Waals surface area contributed by atoms with Crippen LogP contribution >= 0.6 is 0 Å². The van der Waals surface area contributed by atoms with Crippen LogP contribution in [0.1, 0.15) is 47.3 Å². The van der Waals surface area contributed by atoms with Crippen LogP contribution in [0.25, 0.3) is 10.9 Å². The molecule has 0 saturated carbocycles. The van der Waals surface area contributed by atoms with Gasteiger partial charge < -0.3 is 25.3 Å². The van der Waals surface area contributed by atoms with Gasteiger partial charge in [-0.05, 0) is 47.7 Å². The predicted molar refractivity (Wildman–Crippen MR) is 148 cm³/mol. The first-order chi connectivity index (χ1) is 18.5. The topological polar surface area (TPSA) is 111 Å². The maximum absolute atomic E-state index is 12.2. The Balaban J connectivity index is 1.52. The third kappa shape index (κ3) is 5.60. The van der Waals surface area contributed by atoms with Crippen molar-refractivity contribution in [3.63, 3.8) is 0 Å². The minimum atomic E-state index is -0.400. The predicted octanol–water partition coefficient (Wildman–Crippen LogP) is 4.48. The largest absolute Gasteiger partial charge is 0.497 e. The molecule has 0 saturated heterocycles. The average Bonchev–Trinajstić information content (AvgIpc) is 3.53. The lowest BCUT2D eigenvalue weighted by molar-refractivity contribution is -0.119. The monoisotopic (exact) mass is 508 g/mol. The van der Waals surface area contributed by atoms with Crippen LogP contribution in [-0.4, -0.2) is 32.8 Å². The number of carbonyl (C=O) groups excluding carboxylic acids is 1. The van der Waals surface area contributed by atoms with Crippen molar-refractivity contribution in [1.29, 1.82) is 0 Å². The number of nitrogens with one attached hydrogen (secondary N) is 2. The fraction of sp³-hybridized carbons (Fsp3) is 0.233. The number of nitrogens with two attached hydrogens (primary N) is 1. The molecule has 1 amide bonds. The van der Waals surface area contributed by atoms with Gasteiger partial charge in [0.25, 0.3) is 0 Å². The number of aromatic nitrogens is 4. The number of amides is 1. The van der Waals surface area contributed by atoms with Crippen LogP contribution in [0.4, 0.5) is 0 Å². The highest BCUT2D eigenvalue weighted by molar-refractivity contribution is 5.83. The van der Waals surface area contributed by atoms with Crippen molar-refractivity contribution in [2.24, 2.45) is 5.73 Å². The molecule has 0 unspecified atom stereocenters. The number of H-pyrrole nitrogens is 1. The normalized spacial score (nSPS) is 12.8. The van der Waals surface area contributed by atoms with Gasteiger partial charge >= 0.3 is 0 Å². The van der Waals surface area contributed by atoms with E-state index in [1.165, 1.54) is 6.92 Å². The van der Waals surface area contributed by atoms with Crippen molar-refractivity contribution >= 4 is 16.8 Å². The van der Waals surface area contributed by atoms with E-state index in [0.29, 0.717) is 31.0 Å². The van der Waals surface area contributed by atoms with Gasteiger partial charge in [0.05, 0.1) is 25.7 Å². The van der Waals surface area contributed by atoms with Crippen LogP contribution in [0.3, 0.4) is 0 Å². The number of methoxy groups -OCH3 is 1. The van der Waals surface area contributed by atoms with Gasteiger partial charge in [-0.25, -0.2) is 0 Å². The van der Waals surface area contributed by atoms with Gasteiger partial charge in [0.15, 0.2) is 11.6 Å². The summed E-state index contributed by atoms with van der Waals surface area (Å²) >= 11 is 0. The van der Waals surface area contributed by atoms with Crippen LogP contribution in [0.2, 0.25) is 0 Å². The third-order valence-electron chi connectivity index (χ3n) is 6.73. The molecule has 8 heteroatoms. The smallest absolute Gasteiger partial charge is 0.217 e. The second-order valence-electron chi connectivity index (χ2n) is 9.46. The summed E-state index contributed by atoms with van der Waals surface area (Å²) < 4.78 is 7.38. The highest BCUT2D eigenvalue weighted by Gasteiger charge is 2.26. The molecule has 0 fully saturated rings. The van der Waals surface area contributed by atoms with Gasteiger partial charge in [0, 0.05) is 24.0 Å². The van der Waals surface area contributed by atoms with Crippen molar-refractivity contribution in [3.05, 3.63) is 113 Å². The Labute approximate surface area is 221 Å². The molecule has 5 aromatic rings. The molecule has 5 rings (SSSR count). The van der Waals surface area contributed by atoms with E-state index < -0.39 is 6.04 Å². The van der Waals surface area contributed by atoms with E-state index in [1.54, 1.807) is 7.11 Å². The summed E-state index contributed by atoms with van der Waals surface area (Å²) in [5, 5.41) is 13.4. The Bertz CT molecular complexity index is 1510. The number of benzene rings is 3. The summed E-state index contributed by atoms with van der Waals surface area (Å²) in [7, 11) is 1.65. The number of fused-ring (bicyclic) bond motifs is 1. The first-order valence-corrected chi connectivity index (χ1v) is 12.7. The molecule has 2 aromatic heterocycles. The van der Waals surface area contributed by atoms with E-state index in [-0.39, 0.29) is 11.9 Å². The van der Waals surface area contributed by atoms with Crippen molar-refractivity contribution in [3.8, 4) is 5.75 Å². The first-order valence-electron chi connectivity index (χ1n) is 12.7. The Morgan fingerprint density at radius 3 is 2.39 bits per heavy atom. The Morgan fingerprint density at radius 2 is 1.66 bits per heavy atom. The summed E-state index contributed by atoms with van der Waals surface area (Å²) in [6.07, 6.45) is 3.18. The minimum absolute atomic E-state index is 0.130. The molecule has 0 radical (unpaired) electrons. The van der Waals surface area contributed by atoms with Crippen LogP contribution in [0, 0.1) is 0 Å². The lowest BCUT2D eigenvalue weighted by atomic mass is 10.0. The van der Waals surface area contributed by atoms with Crippen molar-refractivity contribution in [1.82, 2.24) is 25.1 Å². The molecule has 0 spiro atoms. The van der Waals surface area contributed by atoms with Gasteiger partial charge in [-0.1, -0.05) is 60.7 Å². The van der Waals surface area contributed by atoms with E-state index in [4.69, 9.17) is 10.5 Å². The van der Waals surface area contributed by atoms with E-state index in [9.17, 15) is 4.79 Å². The van der Waals surface area contributed by atoms with Gasteiger partial charge in [0.2, 0.25) is 5.91 Å². The molecule has 3 aromatic carbocycles. The zero-order chi connectivity index (χ0) is 26.5. The second kappa shape index (κ2) is 11.3. The molecule has 8 nitrogen and oxygen atoms in total. The van der Waals surface area contributed by atoms with Crippen molar-refractivity contribution in [2.75, 3.05) is 7.11 Å². The van der Waals surface area contributed by atoms with E-state index >= 15 is 0 Å². The SMILES string of the molecule is COc1ccc(Cn2c([C@H](N)Cc3c[nH]c4ccccc34)nnc2[C@H](Cc2ccccc2)NC(C)=O)cc1. The van der Waals surface area contributed by atoms with Crippen molar-refractivity contribution < 1.29 is 9.53 Å². The number of aromatic amines is 1. The highest BCUT2D eigenvalue weighted by atomic mass is 16.5. The van der Waals surface area contributed by atoms with Gasteiger partial charge in [-0.3, -0.25) is 4.79 Å². The lowest BCUT2D eigenvalue weighted by Crippen LogP contribution is -2.31. The van der Waals surface area contributed by atoms with Crippen molar-refractivity contribution in [2.45, 2.75) is 38.4 Å². The van der Waals surface area contributed by atoms with Crippen LogP contribution < -0.4 is 15.8 Å². The molecule has 0 aliphatic heterocycles. The van der Waals surface area contributed by atoms with Crippen LogP contribution in [0.15, 0.2) is 85.1 Å². The quantitative estimate of drug-likeness (QED) is 0.258. The molecule has 2 heterocycles. The standard InChI is InChI=1S/C30H32N6O2/c1-20(37)33-28(16-21-8-4-3-5-9-21)30-35-34-29(36(30)19-22-12-14-24(38-2)15-13-22)26(31)17-23-18-32-27-11-7-6-10-25(23)27/h3-15,18,26,28,32H,16-17,19,31H2,1-2H3,(H,33,37)/t26-,28+/m1/s1. The highest BCUT2D eigenvalue weighted by Crippen LogP contribution is 2.26. The molecule has 38 heavy (non-hydrogen) atoms. The fourth-order valence-corrected chi connectivity index (χ4v) is 4.87. The maximum atomic E-state index is 12.2. The van der Waals surface area contributed by atoms with E-state index in [2.05, 4.69) is 32.6 Å². The molecule has 0 aliphatic carbocycles. The molecular weight excluding hydrogens is 476 g/mol. The summed E-state index contributed by atoms with van der Waals surface area (Å²) in [4.78, 5) is 15.5. The molecule has 4 N–H and O–H groups in total. The lowest BCUT2D eigenvalue weighted by Gasteiger charge is -2.21. The summed E-state index contributed by atoms with van der Waals surface area (Å²) in [5.74, 6) is 2.00. The van der Waals surface area contributed by atoms with Crippen LogP contribution in [-0.2, 0) is 24.2 Å². The number of hydrogen-bond acceptors (Lipinski definition) is 5. The van der Waals surface area contributed by atoms with Crippen LogP contribution in [0.5, 0.6) is 5.75 Å². The number of hydrogen-bond donors (Lipinski definition) is 3. The summed E-state index contributed by atoms with van der Waals surface area (Å²) in [6.45, 7) is 2.03. The van der Waals surface area contributed by atoms with E-state index in [0.717, 1.165) is 33.3 Å². The molecular formula is C30H32N6O2. The average molecular weight is 509 g/mol. The number of ether oxygens (including phenoxy) is 1. The maximum Gasteiger partial charge on any atom is 0.217 e. The number of para-hydroxylation sites is 1. The zero-order valence-electron chi connectivity index (χ0n) is 21.6. The Morgan fingerprint density at radius 1 is 0.947 bits per heavy atom. The summed E-state index contributed by atoms with van der Waals surface area (Å²) in [6, 6.07) is 25.4. The fourth-order valence-electron chi connectivity index (χ4n) is 4.87. The number of rotatable bonds is 10. The minimum Gasteiger partial charge on any atom is -0.497 e. The second-order valence-corrected chi connectivity index (χ2v) is 9.46. The summed E-state index contributed by atoms with van der Waals surface area (Å²) in [5.41, 5.74) is 11.1. The number of nitrogens with zero attached hydrogens (tertiary/aromatic N) is 3. The van der Waals surface area contributed by atoms with Gasteiger partial charge in [-0.2, -0.15) is 0 Å². The van der Waals surface area contributed by atoms with Gasteiger partial charge in [-0.15, -0.1) is 10.2 Å². The Kier molecular flexibility index (Phi) is 7.51. The first kappa shape index (κ1) is 25.2. The molecule has 2 atom stereocenters. The van der Waals surface area contributed by atoms with Gasteiger partial charge in [0.1, 0.15) is 5.75 Å². The zero-order valence-corrected chi connectivity index (χ0v) is 21.6. The Hall–Kier alpha value is -4.43. The molecule has 0 aliphatic rings. The molecule has 194 valence electrons. The third-order valence-corrected chi connectivity index (χ3v) is 6.73. The van der Waals surface area contributed by atoms with E-state index in [1.807, 2.05) is 77.5 Å². The number of carbonyl (C=O) groups is 1.